The van der Waals surface area contributed by atoms with Crippen molar-refractivity contribution in [2.75, 3.05) is 6.61 Å². The van der Waals surface area contributed by atoms with Crippen molar-refractivity contribution in [1.29, 1.82) is 0 Å². The SMILES string of the molecule is CCc1nc2ccccc2c(C(=O)OCC(=O)c2ccc(Cl)cc2Cl)c1C. The average molecular weight is 402 g/mol. The Morgan fingerprint density at radius 3 is 2.56 bits per heavy atom. The van der Waals surface area contributed by atoms with Crippen molar-refractivity contribution in [1.82, 2.24) is 4.98 Å². The number of fused-ring (bicyclic) bond motifs is 1. The van der Waals surface area contributed by atoms with Gasteiger partial charge in [-0.1, -0.05) is 48.3 Å². The van der Waals surface area contributed by atoms with Crippen LogP contribution in [0.5, 0.6) is 0 Å². The van der Waals surface area contributed by atoms with Crippen LogP contribution >= 0.6 is 23.2 Å². The molecule has 4 nitrogen and oxygen atoms in total. The first-order valence-corrected chi connectivity index (χ1v) is 9.21. The van der Waals surface area contributed by atoms with Gasteiger partial charge in [0.15, 0.2) is 6.61 Å². The largest absolute Gasteiger partial charge is 0.454 e. The lowest BCUT2D eigenvalue weighted by molar-refractivity contribution is 0.0476. The van der Waals surface area contributed by atoms with Crippen molar-refractivity contribution in [2.45, 2.75) is 20.3 Å². The number of halogens is 2. The van der Waals surface area contributed by atoms with Gasteiger partial charge in [-0.25, -0.2) is 4.79 Å². The maximum absolute atomic E-state index is 12.8. The van der Waals surface area contributed by atoms with E-state index in [1.165, 1.54) is 12.1 Å². The second kappa shape index (κ2) is 8.07. The number of hydrogen-bond donors (Lipinski definition) is 0. The number of rotatable bonds is 5. The number of ketones is 1. The minimum atomic E-state index is -0.556. The van der Waals surface area contributed by atoms with Gasteiger partial charge in [0.1, 0.15) is 0 Å². The maximum Gasteiger partial charge on any atom is 0.339 e. The number of carbonyl (C=O) groups excluding carboxylic acids is 2. The lowest BCUT2D eigenvalue weighted by Gasteiger charge is -2.13. The number of ether oxygens (including phenoxy) is 1. The normalized spacial score (nSPS) is 10.8. The summed E-state index contributed by atoms with van der Waals surface area (Å²) in [7, 11) is 0. The molecule has 27 heavy (non-hydrogen) atoms. The van der Waals surface area contributed by atoms with Crippen LogP contribution < -0.4 is 0 Å². The molecule has 1 aromatic heterocycles. The number of para-hydroxylation sites is 1. The Bertz CT molecular complexity index is 1050. The number of nitrogens with zero attached hydrogens (tertiary/aromatic N) is 1. The average Bonchev–Trinajstić information content (AvgIpc) is 2.65. The second-order valence-corrected chi connectivity index (χ2v) is 6.90. The van der Waals surface area contributed by atoms with Crippen LogP contribution in [0.4, 0.5) is 0 Å². The third kappa shape index (κ3) is 3.97. The number of Topliss-reactive ketones (excluding diaryl/α,β-unsaturated/α-hetero) is 1. The van der Waals surface area contributed by atoms with Crippen LogP contribution in [0.3, 0.4) is 0 Å². The topological polar surface area (TPSA) is 56.3 Å². The lowest BCUT2D eigenvalue weighted by Crippen LogP contribution is -2.16. The predicted octanol–water partition coefficient (Wildman–Crippen LogP) is 5.45. The van der Waals surface area contributed by atoms with E-state index in [0.29, 0.717) is 22.4 Å². The predicted molar refractivity (Wildman–Crippen MR) is 107 cm³/mol. The van der Waals surface area contributed by atoms with Gasteiger partial charge in [-0.05, 0) is 43.2 Å². The van der Waals surface area contributed by atoms with Crippen LogP contribution in [0.2, 0.25) is 10.0 Å². The Kier molecular flexibility index (Phi) is 5.78. The molecule has 0 aliphatic rings. The number of benzene rings is 2. The van der Waals surface area contributed by atoms with Crippen molar-refractivity contribution in [2.24, 2.45) is 0 Å². The molecule has 1 heterocycles. The van der Waals surface area contributed by atoms with E-state index in [1.807, 2.05) is 38.1 Å². The smallest absolute Gasteiger partial charge is 0.339 e. The third-order valence-corrected chi connectivity index (χ3v) is 4.89. The Labute approximate surface area is 167 Å². The van der Waals surface area contributed by atoms with E-state index < -0.39 is 18.4 Å². The molecule has 3 rings (SSSR count). The molecule has 0 atom stereocenters. The van der Waals surface area contributed by atoms with Crippen molar-refractivity contribution < 1.29 is 14.3 Å². The van der Waals surface area contributed by atoms with Crippen molar-refractivity contribution in [3.63, 3.8) is 0 Å². The molecule has 0 amide bonds. The van der Waals surface area contributed by atoms with E-state index in [2.05, 4.69) is 4.98 Å². The standard InChI is InChI=1S/C21H17Cl2NO3/c1-3-17-12(2)20(15-6-4-5-7-18(15)24-17)21(26)27-11-19(25)14-9-8-13(22)10-16(14)23/h4-10H,3,11H2,1-2H3. The van der Waals surface area contributed by atoms with Crippen LogP contribution in [0.25, 0.3) is 10.9 Å². The summed E-state index contributed by atoms with van der Waals surface area (Å²) in [4.78, 5) is 29.7. The van der Waals surface area contributed by atoms with Crippen molar-refractivity contribution >= 4 is 45.9 Å². The highest BCUT2D eigenvalue weighted by Gasteiger charge is 2.20. The zero-order valence-electron chi connectivity index (χ0n) is 14.9. The zero-order chi connectivity index (χ0) is 19.6. The molecule has 6 heteroatoms. The van der Waals surface area contributed by atoms with Crippen LogP contribution in [0.15, 0.2) is 42.5 Å². The van der Waals surface area contributed by atoms with Gasteiger partial charge in [0.05, 0.1) is 16.1 Å². The van der Waals surface area contributed by atoms with Gasteiger partial charge in [0.2, 0.25) is 5.78 Å². The summed E-state index contributed by atoms with van der Waals surface area (Å²) in [6.45, 7) is 3.41. The summed E-state index contributed by atoms with van der Waals surface area (Å²) in [5.74, 6) is -0.948. The Balaban J connectivity index is 1.88. The molecule has 0 bridgehead atoms. The molecule has 3 aromatic rings. The first-order chi connectivity index (χ1) is 12.9. The summed E-state index contributed by atoms with van der Waals surface area (Å²) >= 11 is 11.9. The van der Waals surface area contributed by atoms with Crippen molar-refractivity contribution in [3.05, 3.63) is 74.9 Å². The second-order valence-electron chi connectivity index (χ2n) is 6.05. The quantitative estimate of drug-likeness (QED) is 0.421. The number of hydrogen-bond acceptors (Lipinski definition) is 4. The zero-order valence-corrected chi connectivity index (χ0v) is 16.4. The molecule has 0 N–H and O–H groups in total. The fourth-order valence-electron chi connectivity index (χ4n) is 2.96. The van der Waals surface area contributed by atoms with Crippen LogP contribution in [0, 0.1) is 6.92 Å². The monoisotopic (exact) mass is 401 g/mol. The van der Waals surface area contributed by atoms with Gasteiger partial charge in [0.25, 0.3) is 0 Å². The molecule has 0 aliphatic heterocycles. The highest BCUT2D eigenvalue weighted by atomic mass is 35.5. The number of esters is 1. The van der Waals surface area contributed by atoms with Gasteiger partial charge in [-0.3, -0.25) is 9.78 Å². The number of carbonyl (C=O) groups is 2. The molecule has 0 unspecified atom stereocenters. The number of aromatic nitrogens is 1. The van der Waals surface area contributed by atoms with Crippen LogP contribution in [-0.2, 0) is 11.2 Å². The summed E-state index contributed by atoms with van der Waals surface area (Å²) in [6, 6.07) is 11.9. The van der Waals surface area contributed by atoms with Gasteiger partial charge >= 0.3 is 5.97 Å². The fraction of sp³-hybridized carbons (Fsp3) is 0.190. The van der Waals surface area contributed by atoms with Crippen LogP contribution in [0.1, 0.15) is 38.9 Å². The lowest BCUT2D eigenvalue weighted by atomic mass is 10.0. The molecule has 0 fully saturated rings. The molecule has 138 valence electrons. The molecular weight excluding hydrogens is 385 g/mol. The highest BCUT2D eigenvalue weighted by molar-refractivity contribution is 6.36. The minimum Gasteiger partial charge on any atom is -0.454 e. The van der Waals surface area contributed by atoms with Crippen LogP contribution in [-0.4, -0.2) is 23.3 Å². The van der Waals surface area contributed by atoms with Gasteiger partial charge in [-0.15, -0.1) is 0 Å². The molecular formula is C21H17Cl2NO3. The van der Waals surface area contributed by atoms with Gasteiger partial charge in [-0.2, -0.15) is 0 Å². The van der Waals surface area contributed by atoms with Gasteiger partial charge in [0, 0.05) is 21.7 Å². The first kappa shape index (κ1) is 19.3. The molecule has 0 spiro atoms. The number of pyridine rings is 1. The van der Waals surface area contributed by atoms with Gasteiger partial charge < -0.3 is 4.74 Å². The molecule has 0 radical (unpaired) electrons. The van der Waals surface area contributed by atoms with E-state index in [4.69, 9.17) is 27.9 Å². The highest BCUT2D eigenvalue weighted by Crippen LogP contribution is 2.25. The summed E-state index contributed by atoms with van der Waals surface area (Å²) in [5.41, 5.74) is 3.01. The Morgan fingerprint density at radius 1 is 1.11 bits per heavy atom. The van der Waals surface area contributed by atoms with E-state index in [0.717, 1.165) is 16.8 Å². The molecule has 2 aromatic carbocycles. The minimum absolute atomic E-state index is 0.224. The van der Waals surface area contributed by atoms with E-state index in [1.54, 1.807) is 6.07 Å². The van der Waals surface area contributed by atoms with E-state index in [9.17, 15) is 9.59 Å². The summed E-state index contributed by atoms with van der Waals surface area (Å²) in [6.07, 6.45) is 0.691. The summed E-state index contributed by atoms with van der Waals surface area (Å²) < 4.78 is 5.31. The Morgan fingerprint density at radius 2 is 1.85 bits per heavy atom. The molecule has 0 aliphatic carbocycles. The number of aryl methyl sites for hydroxylation is 1. The molecule has 0 saturated heterocycles. The fourth-order valence-corrected chi connectivity index (χ4v) is 3.48. The molecule has 0 saturated carbocycles. The Hall–Kier alpha value is -2.43. The maximum atomic E-state index is 12.8. The van der Waals surface area contributed by atoms with E-state index in [-0.39, 0.29) is 10.6 Å². The van der Waals surface area contributed by atoms with E-state index >= 15 is 0 Å². The summed E-state index contributed by atoms with van der Waals surface area (Å²) in [5, 5.41) is 1.36. The first-order valence-electron chi connectivity index (χ1n) is 8.46. The third-order valence-electron chi connectivity index (χ3n) is 4.34. The van der Waals surface area contributed by atoms with Crippen molar-refractivity contribution in [3.8, 4) is 0 Å².